The van der Waals surface area contributed by atoms with E-state index in [1.165, 1.54) is 0 Å². The normalized spacial score (nSPS) is 11.2. The van der Waals surface area contributed by atoms with Gasteiger partial charge in [0.05, 0.1) is 11.7 Å². The van der Waals surface area contributed by atoms with Gasteiger partial charge in [-0.25, -0.2) is 0 Å². The second-order valence-corrected chi connectivity index (χ2v) is 1.94. The number of hydrogen-bond donors (Lipinski definition) is 1. The van der Waals surface area contributed by atoms with Crippen molar-refractivity contribution in [3.63, 3.8) is 0 Å². The summed E-state index contributed by atoms with van der Waals surface area (Å²) in [6.45, 7) is 1.99. The van der Waals surface area contributed by atoms with Crippen molar-refractivity contribution in [3.05, 3.63) is 11.8 Å². The Morgan fingerprint density at radius 1 is 1.70 bits per heavy atom. The lowest BCUT2D eigenvalue weighted by Crippen LogP contribution is -2.30. The molecule has 0 saturated carbocycles. The first-order valence-electron chi connectivity index (χ1n) is 3.31. The lowest BCUT2D eigenvalue weighted by Gasteiger charge is -2.06. The number of unbranched alkanes of at least 4 members (excludes halogenated alkanes) is 1. The first-order valence-corrected chi connectivity index (χ1v) is 3.31. The van der Waals surface area contributed by atoms with Crippen LogP contribution in [0.5, 0.6) is 0 Å². The van der Waals surface area contributed by atoms with E-state index in [1.54, 1.807) is 13.1 Å². The highest BCUT2D eigenvalue weighted by atomic mass is 16.4. The van der Waals surface area contributed by atoms with Gasteiger partial charge in [0.1, 0.15) is 0 Å². The van der Waals surface area contributed by atoms with Crippen molar-refractivity contribution in [2.45, 2.75) is 19.8 Å². The fourth-order valence-electron chi connectivity index (χ4n) is 0.576. The Kier molecular flexibility index (Phi) is 4.37. The Morgan fingerprint density at radius 3 is 2.60 bits per heavy atom. The third kappa shape index (κ3) is 3.12. The van der Waals surface area contributed by atoms with Crippen LogP contribution in [0.25, 0.3) is 0 Å². The van der Waals surface area contributed by atoms with Gasteiger partial charge in [-0.3, -0.25) is 0 Å². The Bertz CT molecular complexity index is 141. The van der Waals surface area contributed by atoms with Crippen molar-refractivity contribution in [2.24, 2.45) is 0 Å². The minimum atomic E-state index is -1.14. The van der Waals surface area contributed by atoms with Crippen LogP contribution < -0.4 is 10.4 Å². The number of likely N-dealkylation sites (N-methyl/N-ethyl adjacent to an activating group) is 1. The predicted octanol–water partition coefficient (Wildman–Crippen LogP) is -0.360. The van der Waals surface area contributed by atoms with Crippen molar-refractivity contribution < 1.29 is 9.90 Å². The number of allylic oxidation sites excluding steroid dienone is 1. The van der Waals surface area contributed by atoms with Crippen LogP contribution in [0.15, 0.2) is 11.8 Å². The van der Waals surface area contributed by atoms with E-state index in [-0.39, 0.29) is 5.70 Å². The van der Waals surface area contributed by atoms with Crippen LogP contribution >= 0.6 is 0 Å². The summed E-state index contributed by atoms with van der Waals surface area (Å²) in [7, 11) is 1.57. The monoisotopic (exact) mass is 142 g/mol. The van der Waals surface area contributed by atoms with Gasteiger partial charge in [0, 0.05) is 7.05 Å². The maximum absolute atomic E-state index is 10.2. The van der Waals surface area contributed by atoms with E-state index >= 15 is 0 Å². The fraction of sp³-hybridized carbons (Fsp3) is 0.571. The van der Waals surface area contributed by atoms with Crippen LogP contribution in [0, 0.1) is 0 Å². The molecule has 1 N–H and O–H groups in total. The highest BCUT2D eigenvalue weighted by Crippen LogP contribution is 1.93. The number of carbonyl (C=O) groups is 1. The van der Waals surface area contributed by atoms with E-state index in [0.29, 0.717) is 0 Å². The summed E-state index contributed by atoms with van der Waals surface area (Å²) in [6.07, 6.45) is 3.33. The third-order valence-electron chi connectivity index (χ3n) is 1.13. The minimum Gasteiger partial charge on any atom is -0.543 e. The molecule has 0 spiro atoms. The van der Waals surface area contributed by atoms with E-state index in [0.717, 1.165) is 12.8 Å². The Balaban J connectivity index is 3.91. The van der Waals surface area contributed by atoms with Gasteiger partial charge in [0.2, 0.25) is 0 Å². The quantitative estimate of drug-likeness (QED) is 0.545. The molecule has 0 radical (unpaired) electrons. The van der Waals surface area contributed by atoms with E-state index in [2.05, 4.69) is 5.32 Å². The zero-order chi connectivity index (χ0) is 7.98. The molecule has 0 amide bonds. The van der Waals surface area contributed by atoms with Crippen molar-refractivity contribution in [2.75, 3.05) is 7.05 Å². The Morgan fingerprint density at radius 2 is 2.30 bits per heavy atom. The summed E-state index contributed by atoms with van der Waals surface area (Å²) in [4.78, 5) is 10.2. The molecule has 0 aromatic rings. The molecule has 10 heavy (non-hydrogen) atoms. The van der Waals surface area contributed by atoms with Gasteiger partial charge in [-0.1, -0.05) is 19.4 Å². The lowest BCUT2D eigenvalue weighted by atomic mass is 10.3. The van der Waals surface area contributed by atoms with Crippen LogP contribution in [0.3, 0.4) is 0 Å². The van der Waals surface area contributed by atoms with E-state index in [9.17, 15) is 9.90 Å². The number of aliphatic carboxylic acids is 1. The summed E-state index contributed by atoms with van der Waals surface area (Å²) >= 11 is 0. The maximum Gasteiger partial charge on any atom is 0.0871 e. The van der Waals surface area contributed by atoms with Crippen LogP contribution in [0.4, 0.5) is 0 Å². The zero-order valence-electron chi connectivity index (χ0n) is 6.31. The van der Waals surface area contributed by atoms with E-state index in [1.807, 2.05) is 6.92 Å². The number of carboxylic acids is 1. The molecule has 0 saturated heterocycles. The van der Waals surface area contributed by atoms with Crippen LogP contribution in [-0.4, -0.2) is 13.0 Å². The predicted molar refractivity (Wildman–Crippen MR) is 37.1 cm³/mol. The maximum atomic E-state index is 10.2. The first-order chi connectivity index (χ1) is 4.72. The van der Waals surface area contributed by atoms with Crippen LogP contribution in [-0.2, 0) is 4.79 Å². The molecule has 0 heterocycles. The van der Waals surface area contributed by atoms with Gasteiger partial charge >= 0.3 is 0 Å². The number of nitrogens with one attached hydrogen (secondary N) is 1. The minimum absolute atomic E-state index is 0.168. The lowest BCUT2D eigenvalue weighted by molar-refractivity contribution is -0.299. The summed E-state index contributed by atoms with van der Waals surface area (Å²) in [5.41, 5.74) is 0.168. The van der Waals surface area contributed by atoms with Gasteiger partial charge in [0.25, 0.3) is 0 Å². The highest BCUT2D eigenvalue weighted by molar-refractivity contribution is 5.83. The molecule has 0 aliphatic rings. The molecule has 0 aromatic heterocycles. The molecule has 0 aromatic carbocycles. The second kappa shape index (κ2) is 4.85. The molecule has 0 aliphatic carbocycles. The van der Waals surface area contributed by atoms with Crippen LogP contribution in [0.2, 0.25) is 0 Å². The van der Waals surface area contributed by atoms with Crippen molar-refractivity contribution in [1.82, 2.24) is 5.32 Å². The number of carboxylic acid groups (broad SMARTS) is 1. The van der Waals surface area contributed by atoms with E-state index < -0.39 is 5.97 Å². The molecular formula is C7H12NO2-. The summed E-state index contributed by atoms with van der Waals surface area (Å²) < 4.78 is 0. The topological polar surface area (TPSA) is 52.2 Å². The average Bonchev–Trinajstić information content (AvgIpc) is 1.89. The van der Waals surface area contributed by atoms with Crippen molar-refractivity contribution >= 4 is 5.97 Å². The third-order valence-corrected chi connectivity index (χ3v) is 1.13. The van der Waals surface area contributed by atoms with Gasteiger partial charge < -0.3 is 15.2 Å². The second-order valence-electron chi connectivity index (χ2n) is 1.94. The zero-order valence-corrected chi connectivity index (χ0v) is 6.31. The molecule has 0 rings (SSSR count). The molecule has 0 aliphatic heterocycles. The number of rotatable bonds is 4. The van der Waals surface area contributed by atoms with E-state index in [4.69, 9.17) is 0 Å². The molecule has 3 nitrogen and oxygen atoms in total. The molecule has 0 fully saturated rings. The summed E-state index contributed by atoms with van der Waals surface area (Å²) in [6, 6.07) is 0. The molecule has 58 valence electrons. The smallest absolute Gasteiger partial charge is 0.0871 e. The molecule has 0 unspecified atom stereocenters. The fourth-order valence-corrected chi connectivity index (χ4v) is 0.576. The molecule has 3 heteroatoms. The van der Waals surface area contributed by atoms with Gasteiger partial charge in [0.15, 0.2) is 0 Å². The Hall–Kier alpha value is -0.990. The van der Waals surface area contributed by atoms with Gasteiger partial charge in [-0.2, -0.15) is 0 Å². The SMILES string of the molecule is CCC/C=C(/NC)C(=O)[O-]. The van der Waals surface area contributed by atoms with Gasteiger partial charge in [-0.15, -0.1) is 0 Å². The standard InChI is InChI=1S/C7H13NO2/c1-3-4-5-6(8-2)7(9)10/h5,8H,3-4H2,1-2H3,(H,9,10)/p-1/b6-5+. The van der Waals surface area contributed by atoms with Crippen molar-refractivity contribution in [1.29, 1.82) is 0 Å². The number of carbonyl (C=O) groups excluding carboxylic acids is 1. The Labute approximate surface area is 60.7 Å². The van der Waals surface area contributed by atoms with Crippen molar-refractivity contribution in [3.8, 4) is 0 Å². The average molecular weight is 142 g/mol. The summed E-state index contributed by atoms with van der Waals surface area (Å²) in [5.74, 6) is -1.14. The molecule has 0 atom stereocenters. The summed E-state index contributed by atoms with van der Waals surface area (Å²) in [5, 5.41) is 12.7. The first kappa shape index (κ1) is 9.01. The van der Waals surface area contributed by atoms with Gasteiger partial charge in [-0.05, 0) is 6.42 Å². The number of hydrogen-bond acceptors (Lipinski definition) is 3. The molecule has 0 bridgehead atoms. The largest absolute Gasteiger partial charge is 0.543 e. The highest BCUT2D eigenvalue weighted by Gasteiger charge is 1.90. The molecular weight excluding hydrogens is 130 g/mol. The van der Waals surface area contributed by atoms with Crippen LogP contribution in [0.1, 0.15) is 19.8 Å².